The Morgan fingerprint density at radius 2 is 1.86 bits per heavy atom. The monoisotopic (exact) mass is 352 g/mol. The number of ether oxygens (including phenoxy) is 1. The van der Waals surface area contributed by atoms with Crippen LogP contribution in [0.5, 0.6) is 0 Å². The highest BCUT2D eigenvalue weighted by molar-refractivity contribution is 8.13. The number of carbonyl (C=O) groups is 1. The van der Waals surface area contributed by atoms with Crippen LogP contribution in [0.4, 0.5) is 0 Å². The molecule has 7 heteroatoms. The number of hydrogen-bond acceptors (Lipinski definition) is 4. The summed E-state index contributed by atoms with van der Waals surface area (Å²) in [5.41, 5.74) is 0.375. The van der Waals surface area contributed by atoms with E-state index in [2.05, 4.69) is 0 Å². The molecule has 0 aliphatic carbocycles. The molecule has 0 bridgehead atoms. The number of esters is 1. The Bertz CT molecular complexity index is 646. The molecule has 118 valence electrons. The van der Waals surface area contributed by atoms with Crippen molar-refractivity contribution in [2.45, 2.75) is 39.0 Å². The molecule has 4 nitrogen and oxygen atoms in total. The summed E-state index contributed by atoms with van der Waals surface area (Å²) >= 11 is 5.85. The lowest BCUT2D eigenvalue weighted by atomic mass is 9.93. The normalized spacial score (nSPS) is 12.3. The zero-order valence-electron chi connectivity index (χ0n) is 12.4. The van der Waals surface area contributed by atoms with Gasteiger partial charge >= 0.3 is 5.97 Å². The molecule has 0 N–H and O–H groups in total. The highest BCUT2D eigenvalue weighted by atomic mass is 35.7. The van der Waals surface area contributed by atoms with E-state index in [0.29, 0.717) is 6.42 Å². The van der Waals surface area contributed by atoms with E-state index in [9.17, 15) is 13.2 Å². The molecule has 0 amide bonds. The third-order valence-corrected chi connectivity index (χ3v) is 4.56. The maximum absolute atomic E-state index is 12.1. The van der Waals surface area contributed by atoms with Crippen LogP contribution in [0.3, 0.4) is 0 Å². The van der Waals surface area contributed by atoms with Crippen molar-refractivity contribution in [3.63, 3.8) is 0 Å². The van der Waals surface area contributed by atoms with Crippen molar-refractivity contribution in [1.82, 2.24) is 0 Å². The van der Waals surface area contributed by atoms with Gasteiger partial charge in [0.05, 0.1) is 17.1 Å². The summed E-state index contributed by atoms with van der Waals surface area (Å²) in [6.45, 7) is 7.83. The minimum atomic E-state index is -3.98. The van der Waals surface area contributed by atoms with Crippen LogP contribution < -0.4 is 0 Å². The molecular weight excluding hydrogens is 335 g/mol. The second-order valence-electron chi connectivity index (χ2n) is 5.96. The van der Waals surface area contributed by atoms with E-state index in [0.717, 1.165) is 0 Å². The van der Waals surface area contributed by atoms with Gasteiger partial charge in [0.2, 0.25) is 0 Å². The highest BCUT2D eigenvalue weighted by Gasteiger charge is 2.22. The van der Waals surface area contributed by atoms with Crippen LogP contribution in [0.25, 0.3) is 0 Å². The van der Waals surface area contributed by atoms with Gasteiger partial charge in [-0.05, 0) is 36.5 Å². The standard InChI is InChI=1S/C14H18Cl2O4S/c1-9-11(13(17)20-6-5-14(2,3)4)7-10(15)8-12(9)21(16,18)19/h7-8H,5-6H2,1-4H3. The van der Waals surface area contributed by atoms with Crippen molar-refractivity contribution in [2.24, 2.45) is 5.41 Å². The Morgan fingerprint density at radius 1 is 1.29 bits per heavy atom. The van der Waals surface area contributed by atoms with Gasteiger partial charge in [0.1, 0.15) is 0 Å². The molecule has 1 aromatic rings. The second-order valence-corrected chi connectivity index (χ2v) is 8.93. The largest absolute Gasteiger partial charge is 0.462 e. The fraction of sp³-hybridized carbons (Fsp3) is 0.500. The smallest absolute Gasteiger partial charge is 0.338 e. The van der Waals surface area contributed by atoms with Crippen LogP contribution in [0, 0.1) is 12.3 Å². The van der Waals surface area contributed by atoms with Gasteiger partial charge in [0.15, 0.2) is 0 Å². The van der Waals surface area contributed by atoms with Gasteiger partial charge in [0.25, 0.3) is 9.05 Å². The molecular formula is C14H18Cl2O4S. The van der Waals surface area contributed by atoms with E-state index in [-0.39, 0.29) is 33.1 Å². The lowest BCUT2D eigenvalue weighted by molar-refractivity contribution is 0.0463. The maximum Gasteiger partial charge on any atom is 0.338 e. The van der Waals surface area contributed by atoms with Gasteiger partial charge in [-0.25, -0.2) is 13.2 Å². The zero-order chi connectivity index (χ0) is 16.4. The van der Waals surface area contributed by atoms with Crippen molar-refractivity contribution in [3.8, 4) is 0 Å². The Kier molecular flexibility index (Phi) is 5.69. The fourth-order valence-corrected chi connectivity index (χ4v) is 3.15. The van der Waals surface area contributed by atoms with E-state index in [1.807, 2.05) is 20.8 Å². The predicted octanol–water partition coefficient (Wildman–Crippen LogP) is 4.17. The Hall–Kier alpha value is -0.780. The van der Waals surface area contributed by atoms with Gasteiger partial charge in [-0.15, -0.1) is 0 Å². The predicted molar refractivity (Wildman–Crippen MR) is 83.6 cm³/mol. The van der Waals surface area contributed by atoms with Gasteiger partial charge < -0.3 is 4.74 Å². The molecule has 21 heavy (non-hydrogen) atoms. The summed E-state index contributed by atoms with van der Waals surface area (Å²) in [5.74, 6) is -0.610. The second kappa shape index (κ2) is 6.55. The van der Waals surface area contributed by atoms with Crippen LogP contribution in [0.2, 0.25) is 5.02 Å². The molecule has 0 saturated heterocycles. The van der Waals surface area contributed by atoms with Crippen LogP contribution in [-0.4, -0.2) is 21.0 Å². The first-order chi connectivity index (χ1) is 9.42. The molecule has 0 heterocycles. The first-order valence-electron chi connectivity index (χ1n) is 6.34. The Labute approximate surface area is 134 Å². The summed E-state index contributed by atoms with van der Waals surface area (Å²) in [7, 11) is 1.36. The summed E-state index contributed by atoms with van der Waals surface area (Å²) in [6.07, 6.45) is 0.693. The van der Waals surface area contributed by atoms with Crippen molar-refractivity contribution in [3.05, 3.63) is 28.3 Å². The van der Waals surface area contributed by atoms with Gasteiger partial charge in [0, 0.05) is 15.7 Å². The van der Waals surface area contributed by atoms with E-state index in [4.69, 9.17) is 27.0 Å². The Balaban J connectivity index is 3.03. The van der Waals surface area contributed by atoms with E-state index in [1.54, 1.807) is 0 Å². The third kappa shape index (κ3) is 5.49. The minimum absolute atomic E-state index is 0.0360. The lowest BCUT2D eigenvalue weighted by Crippen LogP contribution is -2.14. The molecule has 0 aliphatic rings. The minimum Gasteiger partial charge on any atom is -0.462 e. The fourth-order valence-electron chi connectivity index (χ4n) is 1.65. The molecule has 1 aromatic carbocycles. The van der Waals surface area contributed by atoms with E-state index < -0.39 is 15.0 Å². The first kappa shape index (κ1) is 18.3. The number of hydrogen-bond donors (Lipinski definition) is 0. The van der Waals surface area contributed by atoms with Crippen molar-refractivity contribution < 1.29 is 17.9 Å². The molecule has 0 radical (unpaired) electrons. The Morgan fingerprint density at radius 3 is 2.33 bits per heavy atom. The molecule has 0 atom stereocenters. The van der Waals surface area contributed by atoms with Gasteiger partial charge in [-0.3, -0.25) is 0 Å². The SMILES string of the molecule is Cc1c(C(=O)OCCC(C)(C)C)cc(Cl)cc1S(=O)(=O)Cl. The molecule has 0 fully saturated rings. The van der Waals surface area contributed by atoms with E-state index >= 15 is 0 Å². The number of carbonyl (C=O) groups excluding carboxylic acids is 1. The summed E-state index contributed by atoms with van der Waals surface area (Å²) in [6, 6.07) is 2.59. The molecule has 0 unspecified atom stereocenters. The van der Waals surface area contributed by atoms with Gasteiger partial charge in [-0.1, -0.05) is 32.4 Å². The number of benzene rings is 1. The number of halogens is 2. The quantitative estimate of drug-likeness (QED) is 0.602. The first-order valence-corrected chi connectivity index (χ1v) is 9.02. The zero-order valence-corrected chi connectivity index (χ0v) is 14.7. The molecule has 0 aromatic heterocycles. The molecule has 0 spiro atoms. The average molecular weight is 353 g/mol. The van der Waals surface area contributed by atoms with Crippen LogP contribution >= 0.6 is 22.3 Å². The molecule has 0 saturated carbocycles. The molecule has 1 rings (SSSR count). The summed E-state index contributed by atoms with van der Waals surface area (Å²) < 4.78 is 28.1. The van der Waals surface area contributed by atoms with E-state index in [1.165, 1.54) is 19.1 Å². The lowest BCUT2D eigenvalue weighted by Gasteiger charge is -2.18. The third-order valence-electron chi connectivity index (χ3n) is 2.89. The maximum atomic E-state index is 12.1. The van der Waals surface area contributed by atoms with Crippen molar-refractivity contribution in [1.29, 1.82) is 0 Å². The average Bonchev–Trinajstić information content (AvgIpc) is 2.28. The summed E-state index contributed by atoms with van der Waals surface area (Å²) in [5, 5.41) is 0.114. The number of rotatable bonds is 4. The van der Waals surface area contributed by atoms with Crippen LogP contribution in [0.15, 0.2) is 17.0 Å². The highest BCUT2D eigenvalue weighted by Crippen LogP contribution is 2.27. The topological polar surface area (TPSA) is 60.4 Å². The summed E-state index contributed by atoms with van der Waals surface area (Å²) in [4.78, 5) is 11.9. The van der Waals surface area contributed by atoms with Crippen molar-refractivity contribution in [2.75, 3.05) is 6.61 Å². The van der Waals surface area contributed by atoms with Crippen LogP contribution in [0.1, 0.15) is 43.1 Å². The van der Waals surface area contributed by atoms with Gasteiger partial charge in [-0.2, -0.15) is 0 Å². The van der Waals surface area contributed by atoms with Crippen LogP contribution in [-0.2, 0) is 13.8 Å². The molecule has 0 aliphatic heterocycles. The van der Waals surface area contributed by atoms with Crippen molar-refractivity contribution >= 4 is 37.3 Å².